The number of rotatable bonds is 8. The largest absolute Gasteiger partial charge is 0.492 e. The topological polar surface area (TPSA) is 47.6 Å². The molecule has 0 aromatic heterocycles. The normalized spacial score (nSPS) is 10.5. The van der Waals surface area contributed by atoms with Crippen molar-refractivity contribution < 1.29 is 14.3 Å². The average molecular weight is 327 g/mol. The van der Waals surface area contributed by atoms with Crippen LogP contribution in [0.2, 0.25) is 0 Å². The Labute approximate surface area is 143 Å². The molecule has 0 saturated carbocycles. The molecule has 0 bridgehead atoms. The number of ether oxygens (including phenoxy) is 2. The Hall–Kier alpha value is -2.49. The maximum atomic E-state index is 11.8. The quantitative estimate of drug-likeness (QED) is 0.752. The van der Waals surface area contributed by atoms with Crippen LogP contribution in [0.15, 0.2) is 48.5 Å². The molecule has 1 amide bonds. The molecule has 0 aliphatic heterocycles. The first-order valence-electron chi connectivity index (χ1n) is 8.23. The zero-order valence-corrected chi connectivity index (χ0v) is 14.5. The fourth-order valence-corrected chi connectivity index (χ4v) is 2.14. The maximum Gasteiger partial charge on any atom is 0.258 e. The van der Waals surface area contributed by atoms with Gasteiger partial charge in [-0.15, -0.1) is 0 Å². The Morgan fingerprint density at radius 3 is 2.17 bits per heavy atom. The van der Waals surface area contributed by atoms with Crippen LogP contribution in [-0.4, -0.2) is 25.7 Å². The number of carbonyl (C=O) groups is 1. The monoisotopic (exact) mass is 327 g/mol. The van der Waals surface area contributed by atoms with E-state index in [-0.39, 0.29) is 12.5 Å². The number of carbonyl (C=O) groups excluding carboxylic acids is 1. The summed E-state index contributed by atoms with van der Waals surface area (Å²) in [4.78, 5) is 11.8. The standard InChI is InChI=1S/C20H25NO3/c1-15(2)17-6-10-19(11-7-17)24-14-20(22)21-12-13-23-18-8-4-16(3)5-9-18/h4-11,15H,12-14H2,1-3H3,(H,21,22). The molecule has 0 atom stereocenters. The third-order valence-corrected chi connectivity index (χ3v) is 3.63. The highest BCUT2D eigenvalue weighted by atomic mass is 16.5. The second-order valence-corrected chi connectivity index (χ2v) is 6.02. The van der Waals surface area contributed by atoms with Crippen molar-refractivity contribution in [3.8, 4) is 11.5 Å². The van der Waals surface area contributed by atoms with Gasteiger partial charge in [0.1, 0.15) is 18.1 Å². The molecule has 0 aliphatic rings. The molecule has 24 heavy (non-hydrogen) atoms. The van der Waals surface area contributed by atoms with Crippen molar-refractivity contribution >= 4 is 5.91 Å². The number of nitrogens with one attached hydrogen (secondary N) is 1. The summed E-state index contributed by atoms with van der Waals surface area (Å²) in [6.45, 7) is 7.19. The first-order chi connectivity index (χ1) is 11.5. The molecule has 2 aromatic carbocycles. The lowest BCUT2D eigenvalue weighted by Gasteiger charge is -2.10. The minimum absolute atomic E-state index is 0.00551. The van der Waals surface area contributed by atoms with E-state index in [0.717, 1.165) is 5.75 Å². The maximum absolute atomic E-state index is 11.8. The predicted octanol–water partition coefficient (Wildman–Crippen LogP) is 3.69. The van der Waals surface area contributed by atoms with E-state index in [4.69, 9.17) is 9.47 Å². The Morgan fingerprint density at radius 1 is 0.958 bits per heavy atom. The summed E-state index contributed by atoms with van der Waals surface area (Å²) >= 11 is 0. The van der Waals surface area contributed by atoms with Gasteiger partial charge in [0.05, 0.1) is 6.54 Å². The molecule has 0 spiro atoms. The number of amides is 1. The highest BCUT2D eigenvalue weighted by Gasteiger charge is 2.04. The van der Waals surface area contributed by atoms with Gasteiger partial charge in [0, 0.05) is 0 Å². The lowest BCUT2D eigenvalue weighted by Crippen LogP contribution is -2.32. The minimum atomic E-state index is -0.157. The molecule has 0 fully saturated rings. The lowest BCUT2D eigenvalue weighted by molar-refractivity contribution is -0.123. The molecule has 0 saturated heterocycles. The summed E-state index contributed by atoms with van der Waals surface area (Å²) in [5, 5.41) is 2.78. The highest BCUT2D eigenvalue weighted by Crippen LogP contribution is 2.18. The molecule has 4 heteroatoms. The van der Waals surface area contributed by atoms with Crippen LogP contribution in [0.4, 0.5) is 0 Å². The SMILES string of the molecule is Cc1ccc(OCCNC(=O)COc2ccc(C(C)C)cc2)cc1. The van der Waals surface area contributed by atoms with E-state index in [1.807, 2.05) is 55.5 Å². The van der Waals surface area contributed by atoms with Gasteiger partial charge < -0.3 is 14.8 Å². The van der Waals surface area contributed by atoms with E-state index in [1.165, 1.54) is 11.1 Å². The van der Waals surface area contributed by atoms with E-state index in [2.05, 4.69) is 19.2 Å². The summed E-state index contributed by atoms with van der Waals surface area (Å²) in [5.74, 6) is 1.83. The zero-order chi connectivity index (χ0) is 17.4. The molecule has 2 rings (SSSR count). The molecule has 2 aromatic rings. The lowest BCUT2D eigenvalue weighted by atomic mass is 10.0. The van der Waals surface area contributed by atoms with Crippen molar-refractivity contribution in [2.45, 2.75) is 26.7 Å². The summed E-state index contributed by atoms with van der Waals surface area (Å²) in [7, 11) is 0. The fraction of sp³-hybridized carbons (Fsp3) is 0.350. The van der Waals surface area contributed by atoms with Gasteiger partial charge in [-0.1, -0.05) is 43.7 Å². The second-order valence-electron chi connectivity index (χ2n) is 6.02. The van der Waals surface area contributed by atoms with Crippen LogP contribution < -0.4 is 14.8 Å². The molecule has 1 N–H and O–H groups in total. The van der Waals surface area contributed by atoms with E-state index in [0.29, 0.717) is 24.8 Å². The number of aryl methyl sites for hydroxylation is 1. The van der Waals surface area contributed by atoms with Crippen LogP contribution in [0.1, 0.15) is 30.9 Å². The molecular formula is C20H25NO3. The average Bonchev–Trinajstić information content (AvgIpc) is 2.59. The van der Waals surface area contributed by atoms with Crippen LogP contribution >= 0.6 is 0 Å². The molecule has 0 radical (unpaired) electrons. The Morgan fingerprint density at radius 2 is 1.54 bits per heavy atom. The van der Waals surface area contributed by atoms with Crippen LogP contribution in [0.3, 0.4) is 0 Å². The molecule has 128 valence electrons. The Bertz CT molecular complexity index is 633. The second kappa shape index (κ2) is 8.96. The first-order valence-corrected chi connectivity index (χ1v) is 8.23. The van der Waals surface area contributed by atoms with E-state index in [1.54, 1.807) is 0 Å². The van der Waals surface area contributed by atoms with Gasteiger partial charge in [-0.2, -0.15) is 0 Å². The smallest absolute Gasteiger partial charge is 0.258 e. The van der Waals surface area contributed by atoms with Gasteiger partial charge in [-0.3, -0.25) is 4.79 Å². The van der Waals surface area contributed by atoms with Crippen molar-refractivity contribution in [2.24, 2.45) is 0 Å². The third kappa shape index (κ3) is 5.95. The van der Waals surface area contributed by atoms with Gasteiger partial charge in [0.2, 0.25) is 0 Å². The van der Waals surface area contributed by atoms with Crippen LogP contribution in [0.5, 0.6) is 11.5 Å². The minimum Gasteiger partial charge on any atom is -0.492 e. The highest BCUT2D eigenvalue weighted by molar-refractivity contribution is 5.77. The van der Waals surface area contributed by atoms with E-state index >= 15 is 0 Å². The molecular weight excluding hydrogens is 302 g/mol. The fourth-order valence-electron chi connectivity index (χ4n) is 2.14. The molecule has 0 unspecified atom stereocenters. The van der Waals surface area contributed by atoms with Crippen LogP contribution in [0.25, 0.3) is 0 Å². The summed E-state index contributed by atoms with van der Waals surface area (Å²) in [6, 6.07) is 15.6. The zero-order valence-electron chi connectivity index (χ0n) is 14.5. The third-order valence-electron chi connectivity index (χ3n) is 3.63. The van der Waals surface area contributed by atoms with Crippen LogP contribution in [-0.2, 0) is 4.79 Å². The molecule has 4 nitrogen and oxygen atoms in total. The van der Waals surface area contributed by atoms with Crippen molar-refractivity contribution in [1.82, 2.24) is 5.32 Å². The van der Waals surface area contributed by atoms with Gasteiger partial charge in [-0.05, 0) is 42.7 Å². The van der Waals surface area contributed by atoms with Crippen LogP contribution in [0, 0.1) is 6.92 Å². The molecule has 0 heterocycles. The Balaban J connectivity index is 1.63. The first kappa shape index (κ1) is 17.9. The van der Waals surface area contributed by atoms with Gasteiger partial charge in [0.15, 0.2) is 6.61 Å². The Kier molecular flexibility index (Phi) is 6.67. The number of hydrogen-bond donors (Lipinski definition) is 1. The summed E-state index contributed by atoms with van der Waals surface area (Å²) in [5.41, 5.74) is 2.44. The van der Waals surface area contributed by atoms with E-state index < -0.39 is 0 Å². The van der Waals surface area contributed by atoms with Gasteiger partial charge >= 0.3 is 0 Å². The summed E-state index contributed by atoms with van der Waals surface area (Å²) < 4.78 is 11.0. The number of benzene rings is 2. The van der Waals surface area contributed by atoms with Crippen molar-refractivity contribution in [1.29, 1.82) is 0 Å². The predicted molar refractivity (Wildman–Crippen MR) is 95.7 cm³/mol. The molecule has 0 aliphatic carbocycles. The van der Waals surface area contributed by atoms with Crippen molar-refractivity contribution in [3.05, 3.63) is 59.7 Å². The number of hydrogen-bond acceptors (Lipinski definition) is 3. The van der Waals surface area contributed by atoms with Gasteiger partial charge in [-0.25, -0.2) is 0 Å². The van der Waals surface area contributed by atoms with Gasteiger partial charge in [0.25, 0.3) is 5.91 Å². The van der Waals surface area contributed by atoms with E-state index in [9.17, 15) is 4.79 Å². The van der Waals surface area contributed by atoms with Crippen molar-refractivity contribution in [2.75, 3.05) is 19.8 Å². The van der Waals surface area contributed by atoms with Crippen molar-refractivity contribution in [3.63, 3.8) is 0 Å². The summed E-state index contributed by atoms with van der Waals surface area (Å²) in [6.07, 6.45) is 0.